The van der Waals surface area contributed by atoms with Crippen molar-refractivity contribution in [2.75, 3.05) is 32.0 Å². The van der Waals surface area contributed by atoms with E-state index in [9.17, 15) is 18.0 Å². The molecule has 0 fully saturated rings. The zero-order valence-corrected chi connectivity index (χ0v) is 26.1. The molecule has 2 N–H and O–H groups in total. The summed E-state index contributed by atoms with van der Waals surface area (Å²) in [6.07, 6.45) is 0.715. The van der Waals surface area contributed by atoms with E-state index in [1.165, 1.54) is 45.5 Å². The lowest BCUT2D eigenvalue weighted by molar-refractivity contribution is 0.0962. The molecule has 1 aliphatic rings. The molecule has 0 unspecified atom stereocenters. The van der Waals surface area contributed by atoms with E-state index in [0.717, 1.165) is 23.5 Å². The zero-order chi connectivity index (χ0) is 29.7. The van der Waals surface area contributed by atoms with Crippen LogP contribution in [0.1, 0.15) is 64.4 Å². The normalized spacial score (nSPS) is 14.0. The van der Waals surface area contributed by atoms with E-state index in [1.807, 2.05) is 45.9 Å². The average Bonchev–Trinajstić information content (AvgIpc) is 3.29. The van der Waals surface area contributed by atoms with Crippen molar-refractivity contribution in [1.29, 1.82) is 0 Å². The maximum Gasteiger partial charge on any atom is 0.256 e. The molecule has 2 aromatic carbocycles. The predicted molar refractivity (Wildman–Crippen MR) is 165 cm³/mol. The molecule has 4 rings (SSSR count). The molecule has 0 atom stereocenters. The third-order valence-electron chi connectivity index (χ3n) is 6.96. The van der Waals surface area contributed by atoms with Gasteiger partial charge in [0.15, 0.2) is 0 Å². The van der Waals surface area contributed by atoms with Crippen molar-refractivity contribution in [3.63, 3.8) is 0 Å². The molecule has 1 aliphatic heterocycles. The minimum atomic E-state index is -3.70. The first kappa shape index (κ1) is 30.9. The second-order valence-electron chi connectivity index (χ2n) is 11.3. The predicted octanol–water partition coefficient (Wildman–Crippen LogP) is 5.22. The molecule has 0 aliphatic carbocycles. The Morgan fingerprint density at radius 2 is 1.59 bits per heavy atom. The van der Waals surface area contributed by atoms with Crippen LogP contribution in [0, 0.1) is 11.8 Å². The molecule has 2 amide bonds. The summed E-state index contributed by atoms with van der Waals surface area (Å²) in [4.78, 5) is 29.7. The minimum Gasteiger partial charge on any atom is -0.355 e. The van der Waals surface area contributed by atoms with Crippen LogP contribution in [-0.4, -0.2) is 56.1 Å². The molecule has 0 spiro atoms. The monoisotopic (exact) mass is 596 g/mol. The number of thiophene rings is 1. The maximum absolute atomic E-state index is 13.4. The van der Waals surface area contributed by atoms with Crippen LogP contribution in [0.25, 0.3) is 0 Å². The van der Waals surface area contributed by atoms with Crippen molar-refractivity contribution < 1.29 is 18.0 Å². The van der Waals surface area contributed by atoms with Gasteiger partial charge in [-0.05, 0) is 53.6 Å². The smallest absolute Gasteiger partial charge is 0.256 e. The highest BCUT2D eigenvalue weighted by molar-refractivity contribution is 7.89. The molecule has 2 heterocycles. The Hall–Kier alpha value is -3.05. The highest BCUT2D eigenvalue weighted by Crippen LogP contribution is 2.38. The van der Waals surface area contributed by atoms with Gasteiger partial charge in [0.2, 0.25) is 10.0 Å². The molecule has 0 saturated carbocycles. The van der Waals surface area contributed by atoms with Gasteiger partial charge in [0.1, 0.15) is 5.00 Å². The number of nitrogens with zero attached hydrogens (tertiary/aromatic N) is 2. The molecule has 10 heteroatoms. The number of fused-ring (bicyclic) bond motifs is 1. The summed E-state index contributed by atoms with van der Waals surface area (Å²) in [5, 5.41) is 6.16. The number of anilines is 1. The quantitative estimate of drug-likeness (QED) is 0.316. The minimum absolute atomic E-state index is 0.159. The molecule has 1 aromatic heterocycles. The molecule has 41 heavy (non-hydrogen) atoms. The van der Waals surface area contributed by atoms with E-state index >= 15 is 0 Å². The Labute approximate surface area is 247 Å². The highest BCUT2D eigenvalue weighted by Gasteiger charge is 2.29. The van der Waals surface area contributed by atoms with Crippen LogP contribution in [0.3, 0.4) is 0 Å². The third kappa shape index (κ3) is 7.43. The fourth-order valence-corrected chi connectivity index (χ4v) is 8.12. The Morgan fingerprint density at radius 3 is 2.17 bits per heavy atom. The summed E-state index contributed by atoms with van der Waals surface area (Å²) in [6, 6.07) is 16.3. The van der Waals surface area contributed by atoms with Gasteiger partial charge in [-0.2, -0.15) is 4.31 Å². The van der Waals surface area contributed by atoms with Gasteiger partial charge in [0, 0.05) is 50.2 Å². The summed E-state index contributed by atoms with van der Waals surface area (Å²) in [5.74, 6) is -0.249. The number of hydrogen-bond donors (Lipinski definition) is 2. The molecular formula is C31H40N4O4S2. The second-order valence-corrected chi connectivity index (χ2v) is 14.4. The van der Waals surface area contributed by atoms with Crippen LogP contribution in [0.5, 0.6) is 0 Å². The van der Waals surface area contributed by atoms with E-state index < -0.39 is 10.0 Å². The van der Waals surface area contributed by atoms with Crippen molar-refractivity contribution in [1.82, 2.24) is 14.5 Å². The maximum atomic E-state index is 13.4. The van der Waals surface area contributed by atoms with Crippen LogP contribution in [0.2, 0.25) is 0 Å². The van der Waals surface area contributed by atoms with Crippen LogP contribution in [0.4, 0.5) is 5.00 Å². The summed E-state index contributed by atoms with van der Waals surface area (Å²) in [7, 11) is -2.11. The highest BCUT2D eigenvalue weighted by atomic mass is 32.2. The van der Waals surface area contributed by atoms with Gasteiger partial charge < -0.3 is 10.6 Å². The van der Waals surface area contributed by atoms with Crippen LogP contribution in [-0.2, 0) is 29.5 Å². The summed E-state index contributed by atoms with van der Waals surface area (Å²) < 4.78 is 28.2. The lowest BCUT2D eigenvalue weighted by atomic mass is 10.0. The lowest BCUT2D eigenvalue weighted by Gasteiger charge is -2.27. The van der Waals surface area contributed by atoms with E-state index in [0.29, 0.717) is 42.2 Å². The molecule has 0 radical (unpaired) electrons. The number of nitrogens with one attached hydrogen (secondary N) is 2. The van der Waals surface area contributed by atoms with Crippen LogP contribution in [0.15, 0.2) is 59.5 Å². The van der Waals surface area contributed by atoms with E-state index in [1.54, 1.807) is 7.05 Å². The van der Waals surface area contributed by atoms with Gasteiger partial charge in [-0.25, -0.2) is 8.42 Å². The first-order valence-corrected chi connectivity index (χ1v) is 16.3. The average molecular weight is 597 g/mol. The third-order valence-corrected chi connectivity index (χ3v) is 9.94. The largest absolute Gasteiger partial charge is 0.355 e. The molecular weight excluding hydrogens is 556 g/mol. The van der Waals surface area contributed by atoms with Gasteiger partial charge in [-0.3, -0.25) is 14.5 Å². The second kappa shape index (κ2) is 13.3. The van der Waals surface area contributed by atoms with Gasteiger partial charge in [0.05, 0.1) is 10.5 Å². The number of hydrogen-bond acceptors (Lipinski definition) is 6. The standard InChI is InChI=1S/C31H40N4O4S2/c1-21(2)17-35(18-22(3)4)41(38,39)25-13-11-24(12-14-25)29(36)33-31-28(30(37)32-5)26-15-16-34(20-27(26)40-31)19-23-9-7-6-8-10-23/h6-14,21-22H,15-20H2,1-5H3,(H,32,37)(H,33,36). The molecule has 0 bridgehead atoms. The van der Waals surface area contributed by atoms with Crippen molar-refractivity contribution in [3.05, 3.63) is 81.7 Å². The number of rotatable bonds is 11. The number of benzene rings is 2. The summed E-state index contributed by atoms with van der Waals surface area (Å²) in [5.41, 5.74) is 3.04. The number of amides is 2. The first-order valence-electron chi connectivity index (χ1n) is 14.0. The molecule has 8 nitrogen and oxygen atoms in total. The lowest BCUT2D eigenvalue weighted by Crippen LogP contribution is -2.37. The molecule has 220 valence electrons. The Balaban J connectivity index is 1.53. The van der Waals surface area contributed by atoms with Crippen molar-refractivity contribution >= 4 is 38.2 Å². The number of sulfonamides is 1. The van der Waals surface area contributed by atoms with Gasteiger partial charge in [0.25, 0.3) is 11.8 Å². The Morgan fingerprint density at radius 1 is 0.951 bits per heavy atom. The fraction of sp³-hybridized carbons (Fsp3) is 0.419. The number of carbonyl (C=O) groups excluding carboxylic acids is 2. The van der Waals surface area contributed by atoms with E-state index in [-0.39, 0.29) is 28.5 Å². The topological polar surface area (TPSA) is 98.8 Å². The summed E-state index contributed by atoms with van der Waals surface area (Å²) >= 11 is 1.43. The first-order chi connectivity index (χ1) is 19.5. The van der Waals surface area contributed by atoms with Crippen molar-refractivity contribution in [2.24, 2.45) is 11.8 Å². The molecule has 3 aromatic rings. The van der Waals surface area contributed by atoms with Crippen LogP contribution >= 0.6 is 11.3 Å². The van der Waals surface area contributed by atoms with E-state index in [4.69, 9.17) is 0 Å². The summed E-state index contributed by atoms with van der Waals surface area (Å²) in [6.45, 7) is 11.2. The van der Waals surface area contributed by atoms with E-state index in [2.05, 4.69) is 27.7 Å². The van der Waals surface area contributed by atoms with Gasteiger partial charge >= 0.3 is 0 Å². The van der Waals surface area contributed by atoms with Crippen molar-refractivity contribution in [2.45, 2.75) is 52.1 Å². The zero-order valence-electron chi connectivity index (χ0n) is 24.4. The Bertz CT molecular complexity index is 1460. The van der Waals surface area contributed by atoms with Gasteiger partial charge in [-0.15, -0.1) is 11.3 Å². The van der Waals surface area contributed by atoms with Crippen molar-refractivity contribution in [3.8, 4) is 0 Å². The molecule has 0 saturated heterocycles. The number of carbonyl (C=O) groups is 2. The van der Waals surface area contributed by atoms with Crippen LogP contribution < -0.4 is 10.6 Å². The van der Waals surface area contributed by atoms with Gasteiger partial charge in [-0.1, -0.05) is 58.0 Å². The SMILES string of the molecule is CNC(=O)c1c(NC(=O)c2ccc(S(=O)(=O)N(CC(C)C)CC(C)C)cc2)sc2c1CCN(Cc1ccccc1)C2. The fourth-order valence-electron chi connectivity index (χ4n) is 5.07. The Kier molecular flexibility index (Phi) is 10.0.